The Kier molecular flexibility index (Phi) is 4.38. The van der Waals surface area contributed by atoms with Crippen molar-refractivity contribution in [2.24, 2.45) is 0 Å². The second-order valence-electron chi connectivity index (χ2n) is 4.34. The van der Waals surface area contributed by atoms with E-state index in [1.807, 2.05) is 6.92 Å². The highest BCUT2D eigenvalue weighted by Gasteiger charge is 2.15. The van der Waals surface area contributed by atoms with Crippen LogP contribution in [0.4, 0.5) is 0 Å². The van der Waals surface area contributed by atoms with Crippen molar-refractivity contribution in [2.75, 3.05) is 5.43 Å². The number of aryl methyl sites for hydroxylation is 1. The van der Waals surface area contributed by atoms with Crippen molar-refractivity contribution in [3.63, 3.8) is 0 Å². The van der Waals surface area contributed by atoms with Crippen LogP contribution in [0, 0.1) is 11.7 Å². The van der Waals surface area contributed by atoms with Crippen molar-refractivity contribution in [3.8, 4) is 0 Å². The van der Waals surface area contributed by atoms with Gasteiger partial charge in [0.2, 0.25) is 4.77 Å². The fourth-order valence-corrected chi connectivity index (χ4v) is 4.97. The Balaban J connectivity index is 2.05. The Hall–Kier alpha value is -0.810. The summed E-state index contributed by atoms with van der Waals surface area (Å²) in [6, 6.07) is 3.45. The molecule has 22 heavy (non-hydrogen) atoms. The molecular formula is C12H7Br2N3O2S3. The lowest BCUT2D eigenvalue weighted by Gasteiger charge is -2.07. The summed E-state index contributed by atoms with van der Waals surface area (Å²) >= 11 is 14.5. The third kappa shape index (κ3) is 2.85. The van der Waals surface area contributed by atoms with E-state index >= 15 is 0 Å². The standard InChI is InChI=1S/C12H7Br2N3O2S3/c1-4-2-5-10(21-4)15-12(20)17(11(5)19)16-9(18)7-3-6(13)8(14)22-7/h2-3H,1H3,(H,15,20)(H,16,18). The average molecular weight is 481 g/mol. The second-order valence-corrected chi connectivity index (χ2v) is 9.21. The van der Waals surface area contributed by atoms with Crippen LogP contribution in [0.1, 0.15) is 14.5 Å². The molecule has 0 bridgehead atoms. The Labute approximate surface area is 154 Å². The molecule has 0 saturated heterocycles. The van der Waals surface area contributed by atoms with Crippen LogP contribution in [0.3, 0.4) is 0 Å². The van der Waals surface area contributed by atoms with Crippen molar-refractivity contribution < 1.29 is 4.79 Å². The molecule has 0 aliphatic rings. The molecule has 0 atom stereocenters. The highest BCUT2D eigenvalue weighted by atomic mass is 79.9. The molecule has 5 nitrogen and oxygen atoms in total. The minimum Gasteiger partial charge on any atom is -0.322 e. The lowest BCUT2D eigenvalue weighted by molar-refractivity contribution is 0.101. The minimum absolute atomic E-state index is 0.155. The number of aromatic amines is 1. The summed E-state index contributed by atoms with van der Waals surface area (Å²) in [5.74, 6) is -0.399. The Bertz CT molecular complexity index is 995. The van der Waals surface area contributed by atoms with Crippen molar-refractivity contribution in [3.05, 3.63) is 45.3 Å². The number of rotatable bonds is 2. The van der Waals surface area contributed by atoms with E-state index in [9.17, 15) is 9.59 Å². The van der Waals surface area contributed by atoms with E-state index < -0.39 is 5.91 Å². The van der Waals surface area contributed by atoms with Crippen LogP contribution < -0.4 is 11.0 Å². The van der Waals surface area contributed by atoms with E-state index in [0.29, 0.717) is 15.1 Å². The molecule has 0 aliphatic heterocycles. The van der Waals surface area contributed by atoms with Gasteiger partial charge in [-0.1, -0.05) is 0 Å². The number of halogens is 2. The van der Waals surface area contributed by atoms with Crippen LogP contribution >= 0.6 is 66.8 Å². The van der Waals surface area contributed by atoms with Crippen molar-refractivity contribution >= 4 is 82.9 Å². The number of amides is 1. The van der Waals surface area contributed by atoms with E-state index in [1.54, 1.807) is 12.1 Å². The van der Waals surface area contributed by atoms with Gasteiger partial charge in [-0.15, -0.1) is 22.7 Å². The maximum absolute atomic E-state index is 12.5. The first kappa shape index (κ1) is 16.1. The van der Waals surface area contributed by atoms with Gasteiger partial charge < -0.3 is 4.98 Å². The van der Waals surface area contributed by atoms with Crippen LogP contribution in [0.25, 0.3) is 10.2 Å². The molecule has 2 N–H and O–H groups in total. The molecule has 0 unspecified atom stereocenters. The summed E-state index contributed by atoms with van der Waals surface area (Å²) in [6.07, 6.45) is 0. The quantitative estimate of drug-likeness (QED) is 0.534. The molecule has 114 valence electrons. The van der Waals surface area contributed by atoms with E-state index in [0.717, 1.165) is 17.8 Å². The fourth-order valence-electron chi connectivity index (χ4n) is 1.85. The molecule has 0 radical (unpaired) electrons. The lowest BCUT2D eigenvalue weighted by atomic mass is 10.4. The summed E-state index contributed by atoms with van der Waals surface area (Å²) in [4.78, 5) is 29.8. The monoisotopic (exact) mass is 479 g/mol. The summed E-state index contributed by atoms with van der Waals surface area (Å²) in [6.45, 7) is 1.91. The molecule has 0 aromatic carbocycles. The number of hydrogen-bond acceptors (Lipinski definition) is 5. The number of carbonyl (C=O) groups excluding carboxylic acids is 1. The van der Waals surface area contributed by atoms with Gasteiger partial charge >= 0.3 is 0 Å². The smallest absolute Gasteiger partial charge is 0.282 e. The number of nitrogens with one attached hydrogen (secondary N) is 2. The van der Waals surface area contributed by atoms with Gasteiger partial charge in [-0.05, 0) is 63.1 Å². The number of carbonyl (C=O) groups is 1. The fraction of sp³-hybridized carbons (Fsp3) is 0.0833. The molecule has 3 aromatic rings. The van der Waals surface area contributed by atoms with Crippen molar-refractivity contribution in [1.82, 2.24) is 9.66 Å². The SMILES string of the molecule is Cc1cc2c(=O)n(NC(=O)c3cc(Br)c(Br)s3)c(=S)[nH]c2s1. The van der Waals surface area contributed by atoms with Crippen LogP contribution in [0.15, 0.2) is 25.2 Å². The van der Waals surface area contributed by atoms with Crippen LogP contribution in [-0.2, 0) is 0 Å². The van der Waals surface area contributed by atoms with E-state index in [1.165, 1.54) is 22.7 Å². The number of nitrogens with zero attached hydrogens (tertiary/aromatic N) is 1. The highest BCUT2D eigenvalue weighted by Crippen LogP contribution is 2.32. The van der Waals surface area contributed by atoms with Crippen LogP contribution in [0.2, 0.25) is 0 Å². The molecular weight excluding hydrogens is 474 g/mol. The maximum atomic E-state index is 12.5. The Morgan fingerprint density at radius 1 is 1.36 bits per heavy atom. The lowest BCUT2D eigenvalue weighted by Crippen LogP contribution is -2.33. The molecule has 0 saturated carbocycles. The number of thiophene rings is 2. The van der Waals surface area contributed by atoms with Gasteiger partial charge in [0.25, 0.3) is 11.5 Å². The minimum atomic E-state index is -0.399. The summed E-state index contributed by atoms with van der Waals surface area (Å²) in [5, 5.41) is 0.505. The topological polar surface area (TPSA) is 66.9 Å². The first-order valence-electron chi connectivity index (χ1n) is 5.88. The van der Waals surface area contributed by atoms with Crippen LogP contribution in [0.5, 0.6) is 0 Å². The number of fused-ring (bicyclic) bond motifs is 1. The van der Waals surface area contributed by atoms with E-state index in [4.69, 9.17) is 12.2 Å². The molecule has 3 aromatic heterocycles. The van der Waals surface area contributed by atoms with Gasteiger partial charge in [-0.2, -0.15) is 4.68 Å². The molecule has 0 aliphatic carbocycles. The highest BCUT2D eigenvalue weighted by molar-refractivity contribution is 9.13. The predicted octanol–water partition coefficient (Wildman–Crippen LogP) is 4.40. The summed E-state index contributed by atoms with van der Waals surface area (Å²) in [7, 11) is 0. The average Bonchev–Trinajstić information content (AvgIpc) is 2.98. The second kappa shape index (κ2) is 6.00. The number of hydrogen-bond donors (Lipinski definition) is 2. The van der Waals surface area contributed by atoms with E-state index in [2.05, 4.69) is 42.3 Å². The zero-order chi connectivity index (χ0) is 16.0. The zero-order valence-electron chi connectivity index (χ0n) is 10.9. The van der Waals surface area contributed by atoms with Gasteiger partial charge in [0, 0.05) is 9.35 Å². The van der Waals surface area contributed by atoms with Gasteiger partial charge in [0.15, 0.2) is 0 Å². The third-order valence-electron chi connectivity index (χ3n) is 2.79. The third-order valence-corrected chi connectivity index (χ3v) is 7.30. The van der Waals surface area contributed by atoms with Gasteiger partial charge in [-0.3, -0.25) is 15.0 Å². The maximum Gasteiger partial charge on any atom is 0.282 e. The molecule has 3 rings (SSSR count). The number of aromatic nitrogens is 2. The van der Waals surface area contributed by atoms with Gasteiger partial charge in [-0.25, -0.2) is 0 Å². The molecule has 10 heteroatoms. The van der Waals surface area contributed by atoms with Crippen molar-refractivity contribution in [1.29, 1.82) is 0 Å². The zero-order valence-corrected chi connectivity index (χ0v) is 16.5. The largest absolute Gasteiger partial charge is 0.322 e. The normalized spacial score (nSPS) is 11.0. The van der Waals surface area contributed by atoms with E-state index in [-0.39, 0.29) is 10.3 Å². The molecule has 3 heterocycles. The Morgan fingerprint density at radius 2 is 2.09 bits per heavy atom. The molecule has 0 spiro atoms. The molecule has 1 amide bonds. The van der Waals surface area contributed by atoms with Crippen molar-refractivity contribution in [2.45, 2.75) is 6.92 Å². The molecule has 0 fully saturated rings. The summed E-state index contributed by atoms with van der Waals surface area (Å²) < 4.78 is 2.80. The summed E-state index contributed by atoms with van der Waals surface area (Å²) in [5.41, 5.74) is 2.20. The predicted molar refractivity (Wildman–Crippen MR) is 99.4 cm³/mol. The van der Waals surface area contributed by atoms with Crippen LogP contribution in [-0.4, -0.2) is 15.6 Å². The first-order chi connectivity index (χ1) is 10.4. The van der Waals surface area contributed by atoms with Gasteiger partial charge in [0.1, 0.15) is 4.83 Å². The Morgan fingerprint density at radius 3 is 2.73 bits per heavy atom. The van der Waals surface area contributed by atoms with Gasteiger partial charge in [0.05, 0.1) is 14.0 Å². The first-order valence-corrected chi connectivity index (χ1v) is 9.51. The number of H-pyrrole nitrogens is 1.